The highest BCUT2D eigenvalue weighted by Crippen LogP contribution is 2.36. The summed E-state index contributed by atoms with van der Waals surface area (Å²) in [6.07, 6.45) is 3.65. The molecule has 0 radical (unpaired) electrons. The number of hydrogen-bond acceptors (Lipinski definition) is 5. The third-order valence-corrected chi connectivity index (χ3v) is 5.86. The quantitative estimate of drug-likeness (QED) is 0.764. The van der Waals surface area contributed by atoms with Gasteiger partial charge in [0.05, 0.1) is 6.54 Å². The van der Waals surface area contributed by atoms with Crippen molar-refractivity contribution < 1.29 is 9.59 Å². The lowest BCUT2D eigenvalue weighted by Gasteiger charge is -2.38. The van der Waals surface area contributed by atoms with E-state index in [-0.39, 0.29) is 18.5 Å². The lowest BCUT2D eigenvalue weighted by molar-refractivity contribution is -0.135. The highest BCUT2D eigenvalue weighted by atomic mass is 16.2. The zero-order valence-corrected chi connectivity index (χ0v) is 16.2. The number of hydrogen-bond donors (Lipinski definition) is 1. The number of amides is 3. The number of carbonyl (C=O) groups excluding carboxylic acids is 2. The van der Waals surface area contributed by atoms with Crippen LogP contribution < -0.4 is 5.32 Å². The van der Waals surface area contributed by atoms with E-state index in [9.17, 15) is 9.59 Å². The van der Waals surface area contributed by atoms with Crippen LogP contribution in [-0.4, -0.2) is 61.7 Å². The van der Waals surface area contributed by atoms with Crippen molar-refractivity contribution in [1.29, 1.82) is 0 Å². The number of aromatic nitrogens is 3. The van der Waals surface area contributed by atoms with Crippen LogP contribution in [0, 0.1) is 0 Å². The first kappa shape index (κ1) is 18.6. The van der Waals surface area contributed by atoms with Crippen molar-refractivity contribution in [3.63, 3.8) is 0 Å². The van der Waals surface area contributed by atoms with Crippen molar-refractivity contribution in [1.82, 2.24) is 29.9 Å². The fourth-order valence-corrected chi connectivity index (χ4v) is 4.25. The summed E-state index contributed by atoms with van der Waals surface area (Å²) in [4.78, 5) is 29.9. The van der Waals surface area contributed by atoms with Gasteiger partial charge in [0, 0.05) is 13.1 Å². The highest BCUT2D eigenvalue weighted by Gasteiger charge is 2.57. The number of nitrogens with zero attached hydrogens (tertiary/aromatic N) is 5. The molecule has 2 aliphatic rings. The Morgan fingerprint density at radius 3 is 2.61 bits per heavy atom. The maximum atomic E-state index is 13.4. The number of nitrogens with one attached hydrogen (secondary N) is 1. The van der Waals surface area contributed by atoms with Crippen LogP contribution in [0.5, 0.6) is 0 Å². The molecule has 2 aliphatic heterocycles. The molecule has 2 aromatic rings. The Morgan fingerprint density at radius 1 is 1.14 bits per heavy atom. The second-order valence-electron chi connectivity index (χ2n) is 7.38. The number of carbonyl (C=O) groups is 2. The molecule has 8 heteroatoms. The summed E-state index contributed by atoms with van der Waals surface area (Å²) in [6, 6.07) is 9.87. The first-order valence-corrected chi connectivity index (χ1v) is 9.90. The Balaban J connectivity index is 1.59. The Kier molecular flexibility index (Phi) is 5.13. The molecule has 8 nitrogen and oxygen atoms in total. The Morgan fingerprint density at radius 2 is 1.89 bits per heavy atom. The van der Waals surface area contributed by atoms with E-state index in [0.717, 1.165) is 25.1 Å². The number of benzene rings is 1. The van der Waals surface area contributed by atoms with Crippen LogP contribution in [0.3, 0.4) is 0 Å². The number of urea groups is 1. The second-order valence-corrected chi connectivity index (χ2v) is 7.38. The van der Waals surface area contributed by atoms with Gasteiger partial charge in [-0.2, -0.15) is 0 Å². The Bertz CT molecular complexity index is 843. The average molecular weight is 382 g/mol. The van der Waals surface area contributed by atoms with E-state index in [1.807, 2.05) is 29.7 Å². The number of imide groups is 1. The van der Waals surface area contributed by atoms with Crippen LogP contribution in [0.25, 0.3) is 0 Å². The molecule has 1 aromatic heterocycles. The Hall–Kier alpha value is -2.74. The molecule has 0 bridgehead atoms. The van der Waals surface area contributed by atoms with Gasteiger partial charge in [0.1, 0.15) is 11.9 Å². The molecule has 28 heavy (non-hydrogen) atoms. The summed E-state index contributed by atoms with van der Waals surface area (Å²) < 4.78 is 1.86. The molecule has 2 saturated heterocycles. The molecule has 1 aromatic carbocycles. The number of aryl methyl sites for hydroxylation is 1. The van der Waals surface area contributed by atoms with Gasteiger partial charge >= 0.3 is 6.03 Å². The summed E-state index contributed by atoms with van der Waals surface area (Å²) >= 11 is 0. The van der Waals surface area contributed by atoms with E-state index in [4.69, 9.17) is 0 Å². The topological polar surface area (TPSA) is 83.4 Å². The van der Waals surface area contributed by atoms with Gasteiger partial charge in [-0.25, -0.2) is 4.79 Å². The standard InChI is InChI=1S/C20H26N6O2/c1-2-24-15-22-23-17(24)14-25-18(27)20(9-11-21-12-10-20)26(19(25)28)13-8-16-6-4-3-5-7-16/h3-7,15,21H,2,8-14H2,1H3. The van der Waals surface area contributed by atoms with Gasteiger partial charge in [0.15, 0.2) is 5.82 Å². The van der Waals surface area contributed by atoms with Crippen LogP contribution in [-0.2, 0) is 24.3 Å². The van der Waals surface area contributed by atoms with Crippen molar-refractivity contribution in [3.8, 4) is 0 Å². The van der Waals surface area contributed by atoms with Gasteiger partial charge in [0.25, 0.3) is 5.91 Å². The normalized spacial score (nSPS) is 19.0. The summed E-state index contributed by atoms with van der Waals surface area (Å²) in [5.41, 5.74) is 0.421. The molecule has 0 saturated carbocycles. The molecular weight excluding hydrogens is 356 g/mol. The Labute approximate surface area is 164 Å². The van der Waals surface area contributed by atoms with E-state index >= 15 is 0 Å². The van der Waals surface area contributed by atoms with Crippen molar-refractivity contribution >= 4 is 11.9 Å². The predicted molar refractivity (Wildman–Crippen MR) is 103 cm³/mol. The van der Waals surface area contributed by atoms with Crippen LogP contribution in [0.15, 0.2) is 36.7 Å². The average Bonchev–Trinajstić information content (AvgIpc) is 3.26. The number of rotatable bonds is 6. The molecule has 1 spiro atoms. The molecule has 3 amide bonds. The minimum Gasteiger partial charge on any atom is -0.317 e. The van der Waals surface area contributed by atoms with Crippen LogP contribution in [0.2, 0.25) is 0 Å². The molecule has 0 unspecified atom stereocenters. The summed E-state index contributed by atoms with van der Waals surface area (Å²) in [5, 5.41) is 11.3. The SMILES string of the molecule is CCn1cnnc1CN1C(=O)N(CCc2ccccc2)C2(CCNCC2)C1=O. The fourth-order valence-electron chi connectivity index (χ4n) is 4.25. The van der Waals surface area contributed by atoms with E-state index in [1.165, 1.54) is 4.90 Å². The first-order chi connectivity index (χ1) is 13.7. The third-order valence-electron chi connectivity index (χ3n) is 5.86. The van der Waals surface area contributed by atoms with Gasteiger partial charge in [0.2, 0.25) is 0 Å². The molecule has 0 aliphatic carbocycles. The smallest absolute Gasteiger partial charge is 0.317 e. The van der Waals surface area contributed by atoms with E-state index in [2.05, 4.69) is 27.6 Å². The maximum Gasteiger partial charge on any atom is 0.328 e. The van der Waals surface area contributed by atoms with E-state index < -0.39 is 5.54 Å². The lowest BCUT2D eigenvalue weighted by Crippen LogP contribution is -2.56. The summed E-state index contributed by atoms with van der Waals surface area (Å²) in [7, 11) is 0. The van der Waals surface area contributed by atoms with Gasteiger partial charge in [-0.3, -0.25) is 9.69 Å². The van der Waals surface area contributed by atoms with Crippen LogP contribution >= 0.6 is 0 Å². The fraction of sp³-hybridized carbons (Fsp3) is 0.500. The van der Waals surface area contributed by atoms with E-state index in [0.29, 0.717) is 31.8 Å². The lowest BCUT2D eigenvalue weighted by atomic mass is 9.86. The third kappa shape index (κ3) is 3.17. The summed E-state index contributed by atoms with van der Waals surface area (Å²) in [5.74, 6) is 0.538. The van der Waals surface area contributed by atoms with Crippen molar-refractivity contribution in [2.45, 2.75) is 44.8 Å². The molecule has 0 atom stereocenters. The highest BCUT2D eigenvalue weighted by molar-refractivity contribution is 6.07. The minimum absolute atomic E-state index is 0.0993. The van der Waals surface area contributed by atoms with Crippen molar-refractivity contribution in [3.05, 3.63) is 48.0 Å². The van der Waals surface area contributed by atoms with E-state index in [1.54, 1.807) is 11.2 Å². The minimum atomic E-state index is -0.742. The molecule has 1 N–H and O–H groups in total. The monoisotopic (exact) mass is 382 g/mol. The molecule has 3 heterocycles. The zero-order chi connectivity index (χ0) is 19.6. The molecule has 2 fully saturated rings. The van der Waals surface area contributed by atoms with Crippen LogP contribution in [0.4, 0.5) is 4.79 Å². The van der Waals surface area contributed by atoms with Gasteiger partial charge in [-0.05, 0) is 44.8 Å². The van der Waals surface area contributed by atoms with Crippen molar-refractivity contribution in [2.24, 2.45) is 0 Å². The first-order valence-electron chi connectivity index (χ1n) is 9.90. The van der Waals surface area contributed by atoms with Gasteiger partial charge in [-0.15, -0.1) is 10.2 Å². The maximum absolute atomic E-state index is 13.4. The second kappa shape index (κ2) is 7.71. The largest absolute Gasteiger partial charge is 0.328 e. The zero-order valence-electron chi connectivity index (χ0n) is 16.2. The van der Waals surface area contributed by atoms with Crippen LogP contribution in [0.1, 0.15) is 31.2 Å². The summed E-state index contributed by atoms with van der Waals surface area (Å²) in [6.45, 7) is 4.86. The van der Waals surface area contributed by atoms with Crippen molar-refractivity contribution in [2.75, 3.05) is 19.6 Å². The molecular formula is C20H26N6O2. The number of piperidine rings is 1. The van der Waals surface area contributed by atoms with Gasteiger partial charge in [-0.1, -0.05) is 30.3 Å². The van der Waals surface area contributed by atoms with Gasteiger partial charge < -0.3 is 14.8 Å². The molecule has 148 valence electrons. The predicted octanol–water partition coefficient (Wildman–Crippen LogP) is 1.43. The molecule has 4 rings (SSSR count).